The number of carbonyl (C=O) groups excluding carboxylic acids is 1. The van der Waals surface area contributed by atoms with E-state index >= 15 is 0 Å². The molecule has 1 unspecified atom stereocenters. The fraction of sp³-hybridized carbons (Fsp3) is 0.462. The third-order valence-electron chi connectivity index (χ3n) is 3.51. The van der Waals surface area contributed by atoms with Gasteiger partial charge >= 0.3 is 0 Å². The molecule has 0 saturated carbocycles. The maximum absolute atomic E-state index is 12.4. The fourth-order valence-corrected chi connectivity index (χ4v) is 4.18. The van der Waals surface area contributed by atoms with Gasteiger partial charge in [0.2, 0.25) is 0 Å². The van der Waals surface area contributed by atoms with E-state index in [0.29, 0.717) is 31.3 Å². The molecule has 1 amide bonds. The molecule has 2 aliphatic rings. The molecule has 0 aromatic heterocycles. The molecule has 0 bridgehead atoms. The van der Waals surface area contributed by atoms with Crippen LogP contribution in [0, 0.1) is 0 Å². The van der Waals surface area contributed by atoms with Gasteiger partial charge in [0, 0.05) is 11.6 Å². The van der Waals surface area contributed by atoms with Crippen molar-refractivity contribution in [2.75, 3.05) is 26.4 Å². The maximum Gasteiger partial charge on any atom is 0.269 e. The Balaban J connectivity index is 1.79. The summed E-state index contributed by atoms with van der Waals surface area (Å²) in [5.41, 5.74) is 0.128. The van der Waals surface area contributed by atoms with Gasteiger partial charge in [-0.15, -0.1) is 0 Å². The largest absolute Gasteiger partial charge is 0.376 e. The molecule has 114 valence electrons. The van der Waals surface area contributed by atoms with Gasteiger partial charge in [0.15, 0.2) is 0 Å². The number of hydrogen-bond acceptors (Lipinski definition) is 5. The minimum Gasteiger partial charge on any atom is -0.376 e. The van der Waals surface area contributed by atoms with Crippen LogP contribution in [-0.4, -0.2) is 51.1 Å². The average Bonchev–Trinajstić information content (AvgIpc) is 2.65. The van der Waals surface area contributed by atoms with Crippen LogP contribution in [0.5, 0.6) is 0 Å². The van der Waals surface area contributed by atoms with Gasteiger partial charge in [0.25, 0.3) is 15.9 Å². The Kier molecular flexibility index (Phi) is 3.92. The van der Waals surface area contributed by atoms with Gasteiger partial charge in [0.05, 0.1) is 31.5 Å². The molecule has 1 saturated heterocycles. The molecule has 2 heterocycles. The van der Waals surface area contributed by atoms with Crippen molar-refractivity contribution in [1.29, 1.82) is 0 Å². The molecule has 0 radical (unpaired) electrons. The Hall–Kier alpha value is -1.15. The summed E-state index contributed by atoms with van der Waals surface area (Å²) < 4.78 is 36.3. The minimum absolute atomic E-state index is 0.0118. The minimum atomic E-state index is -3.78. The number of amides is 1. The maximum atomic E-state index is 12.4. The second-order valence-corrected chi connectivity index (χ2v) is 7.15. The lowest BCUT2D eigenvalue weighted by Gasteiger charge is -2.24. The Labute approximate surface area is 127 Å². The molecular weight excluding hydrogens is 318 g/mol. The van der Waals surface area contributed by atoms with Crippen LogP contribution >= 0.6 is 11.6 Å². The summed E-state index contributed by atoms with van der Waals surface area (Å²) in [6.45, 7) is 1.52. The first kappa shape index (κ1) is 14.8. The van der Waals surface area contributed by atoms with E-state index in [9.17, 15) is 13.2 Å². The predicted molar refractivity (Wildman–Crippen MR) is 74.9 cm³/mol. The van der Waals surface area contributed by atoms with Gasteiger partial charge in [-0.2, -0.15) is 0 Å². The van der Waals surface area contributed by atoms with Crippen molar-refractivity contribution in [3.05, 3.63) is 28.8 Å². The van der Waals surface area contributed by atoms with Gasteiger partial charge < -0.3 is 9.47 Å². The Bertz CT molecular complexity index is 669. The molecule has 1 aromatic carbocycles. The molecule has 1 fully saturated rings. The van der Waals surface area contributed by atoms with Gasteiger partial charge in [-0.3, -0.25) is 4.79 Å². The van der Waals surface area contributed by atoms with Crippen molar-refractivity contribution in [3.8, 4) is 0 Å². The van der Waals surface area contributed by atoms with Crippen LogP contribution in [0.3, 0.4) is 0 Å². The standard InChI is InChI=1S/C13H14ClNO5S/c14-9-1-2-12-11(7-9)13(16)15(21(12,17)18)4-3-10-8-19-5-6-20-10/h1-2,7,10H,3-6,8H2. The van der Waals surface area contributed by atoms with Gasteiger partial charge in [-0.25, -0.2) is 12.7 Å². The van der Waals surface area contributed by atoms with Crippen LogP contribution in [0.25, 0.3) is 0 Å². The zero-order valence-corrected chi connectivity index (χ0v) is 12.7. The van der Waals surface area contributed by atoms with E-state index in [4.69, 9.17) is 21.1 Å². The Morgan fingerprint density at radius 1 is 1.33 bits per heavy atom. The van der Waals surface area contributed by atoms with Crippen LogP contribution in [0.4, 0.5) is 0 Å². The van der Waals surface area contributed by atoms with Crippen LogP contribution < -0.4 is 0 Å². The first-order valence-corrected chi connectivity index (χ1v) is 8.38. The van der Waals surface area contributed by atoms with Crippen LogP contribution in [0.1, 0.15) is 16.8 Å². The molecule has 21 heavy (non-hydrogen) atoms. The van der Waals surface area contributed by atoms with E-state index in [1.165, 1.54) is 18.2 Å². The number of sulfonamides is 1. The van der Waals surface area contributed by atoms with E-state index < -0.39 is 15.9 Å². The first-order chi connectivity index (χ1) is 10.00. The van der Waals surface area contributed by atoms with Crippen molar-refractivity contribution in [3.63, 3.8) is 0 Å². The summed E-state index contributed by atoms with van der Waals surface area (Å²) in [4.78, 5) is 12.3. The third-order valence-corrected chi connectivity index (χ3v) is 5.58. The molecule has 0 aliphatic carbocycles. The van der Waals surface area contributed by atoms with Gasteiger partial charge in [-0.1, -0.05) is 11.6 Å². The Morgan fingerprint density at radius 2 is 2.14 bits per heavy atom. The van der Waals surface area contributed by atoms with Crippen molar-refractivity contribution in [2.45, 2.75) is 17.4 Å². The summed E-state index contributed by atoms with van der Waals surface area (Å²) in [5, 5.41) is 0.336. The molecule has 2 aliphatic heterocycles. The normalized spacial score (nSPS) is 24.1. The Morgan fingerprint density at radius 3 is 2.86 bits per heavy atom. The zero-order chi connectivity index (χ0) is 15.0. The monoisotopic (exact) mass is 331 g/mol. The van der Waals surface area contributed by atoms with Crippen LogP contribution in [0.2, 0.25) is 5.02 Å². The highest BCUT2D eigenvalue weighted by Crippen LogP contribution is 2.32. The molecule has 6 nitrogen and oxygen atoms in total. The van der Waals surface area contributed by atoms with Gasteiger partial charge in [0.1, 0.15) is 4.90 Å². The van der Waals surface area contributed by atoms with Crippen molar-refractivity contribution in [2.24, 2.45) is 0 Å². The lowest BCUT2D eigenvalue weighted by molar-refractivity contribution is -0.0909. The SMILES string of the molecule is O=C1c2cc(Cl)ccc2S(=O)(=O)N1CCC1COCCO1. The summed E-state index contributed by atoms with van der Waals surface area (Å²) in [5.74, 6) is -0.538. The molecule has 0 spiro atoms. The lowest BCUT2D eigenvalue weighted by Crippen LogP contribution is -2.36. The third kappa shape index (κ3) is 2.66. The highest BCUT2D eigenvalue weighted by atomic mass is 35.5. The number of nitrogens with zero attached hydrogens (tertiary/aromatic N) is 1. The average molecular weight is 332 g/mol. The summed E-state index contributed by atoms with van der Waals surface area (Å²) >= 11 is 5.83. The lowest BCUT2D eigenvalue weighted by atomic mass is 10.2. The highest BCUT2D eigenvalue weighted by molar-refractivity contribution is 7.90. The number of fused-ring (bicyclic) bond motifs is 1. The molecule has 3 rings (SSSR count). The van der Waals surface area contributed by atoms with Crippen LogP contribution in [0.15, 0.2) is 23.1 Å². The number of ether oxygens (including phenoxy) is 2. The molecule has 1 aromatic rings. The highest BCUT2D eigenvalue weighted by Gasteiger charge is 2.41. The molecule has 0 N–H and O–H groups in total. The molecular formula is C13H14ClNO5S. The van der Waals surface area contributed by atoms with E-state index in [1.54, 1.807) is 0 Å². The van der Waals surface area contributed by atoms with E-state index in [0.717, 1.165) is 4.31 Å². The molecule has 1 atom stereocenters. The second-order valence-electron chi connectivity index (χ2n) is 4.88. The summed E-state index contributed by atoms with van der Waals surface area (Å²) in [7, 11) is -3.78. The van der Waals surface area contributed by atoms with E-state index in [-0.39, 0.29) is 23.1 Å². The second kappa shape index (κ2) is 5.57. The number of carbonyl (C=O) groups is 1. The molecule has 8 heteroatoms. The van der Waals surface area contributed by atoms with Crippen molar-refractivity contribution >= 4 is 27.5 Å². The van der Waals surface area contributed by atoms with Crippen molar-refractivity contribution < 1.29 is 22.7 Å². The first-order valence-electron chi connectivity index (χ1n) is 6.56. The van der Waals surface area contributed by atoms with E-state index in [1.807, 2.05) is 0 Å². The van der Waals surface area contributed by atoms with Crippen LogP contribution in [-0.2, 0) is 19.5 Å². The summed E-state index contributed by atoms with van der Waals surface area (Å²) in [6.07, 6.45) is 0.223. The topological polar surface area (TPSA) is 72.9 Å². The number of hydrogen-bond donors (Lipinski definition) is 0. The summed E-state index contributed by atoms with van der Waals surface area (Å²) in [6, 6.07) is 4.22. The quantitative estimate of drug-likeness (QED) is 0.834. The smallest absolute Gasteiger partial charge is 0.269 e. The number of benzene rings is 1. The number of rotatable bonds is 3. The predicted octanol–water partition coefficient (Wildman–Crippen LogP) is 1.29. The van der Waals surface area contributed by atoms with E-state index in [2.05, 4.69) is 0 Å². The van der Waals surface area contributed by atoms with Crippen molar-refractivity contribution in [1.82, 2.24) is 4.31 Å². The fourth-order valence-electron chi connectivity index (χ4n) is 2.44. The zero-order valence-electron chi connectivity index (χ0n) is 11.1. The number of halogens is 1. The van der Waals surface area contributed by atoms with Gasteiger partial charge in [-0.05, 0) is 24.6 Å².